The molecule has 5 heteroatoms. The molecule has 2 aromatic rings. The topological polar surface area (TPSA) is 41.6 Å². The summed E-state index contributed by atoms with van der Waals surface area (Å²) in [5.74, 6) is -1.15. The van der Waals surface area contributed by atoms with Gasteiger partial charge in [0, 0.05) is 0 Å². The maximum Gasteiger partial charge on any atom is 0.153 e. The first-order valence-electron chi connectivity index (χ1n) is 4.93. The van der Waals surface area contributed by atoms with Crippen molar-refractivity contribution in [3.63, 3.8) is 0 Å². The van der Waals surface area contributed by atoms with Crippen LogP contribution in [0.5, 0.6) is 0 Å². The van der Waals surface area contributed by atoms with Crippen LogP contribution in [0.15, 0.2) is 12.1 Å². The summed E-state index contributed by atoms with van der Waals surface area (Å²) in [6.45, 7) is 8.00. The van der Waals surface area contributed by atoms with Crippen LogP contribution in [0.2, 0.25) is 0 Å². The van der Waals surface area contributed by atoms with Gasteiger partial charge in [-0.25, -0.2) is 8.78 Å². The number of rotatable bonds is 0. The molecule has 3 nitrogen and oxygen atoms in total. The van der Waals surface area contributed by atoms with Crippen molar-refractivity contribution in [2.45, 2.75) is 27.7 Å². The van der Waals surface area contributed by atoms with Crippen molar-refractivity contribution in [3.05, 3.63) is 23.8 Å². The Hall–Kier alpha value is -1.52. The van der Waals surface area contributed by atoms with E-state index >= 15 is 0 Å². The van der Waals surface area contributed by atoms with Gasteiger partial charge < -0.3 is 0 Å². The Bertz CT molecular complexity index is 362. The fourth-order valence-corrected chi connectivity index (χ4v) is 0.868. The number of nitrogens with zero attached hydrogens (tertiary/aromatic N) is 2. The number of H-pyrrole nitrogens is 1. The second kappa shape index (κ2) is 6.86. The van der Waals surface area contributed by atoms with Gasteiger partial charge in [-0.05, 0) is 12.1 Å². The molecule has 84 valence electrons. The number of aromatic amines is 1. The van der Waals surface area contributed by atoms with Gasteiger partial charge in [0.1, 0.15) is 0 Å². The van der Waals surface area contributed by atoms with Crippen LogP contribution in [0, 0.1) is 11.6 Å². The largest absolute Gasteiger partial charge is 0.204 e. The Morgan fingerprint density at radius 1 is 0.867 bits per heavy atom. The van der Waals surface area contributed by atoms with Crippen molar-refractivity contribution in [2.24, 2.45) is 0 Å². The van der Waals surface area contributed by atoms with Gasteiger partial charge in [-0.3, -0.25) is 0 Å². The molecule has 0 aliphatic rings. The number of hydrogen-bond donors (Lipinski definition) is 1. The van der Waals surface area contributed by atoms with E-state index in [1.165, 1.54) is 0 Å². The van der Waals surface area contributed by atoms with Gasteiger partial charge in [0.25, 0.3) is 0 Å². The van der Waals surface area contributed by atoms with Crippen LogP contribution in [0.4, 0.5) is 8.78 Å². The van der Waals surface area contributed by atoms with E-state index in [1.807, 2.05) is 27.7 Å². The Morgan fingerprint density at radius 3 is 1.53 bits per heavy atom. The molecule has 0 saturated carbocycles. The van der Waals surface area contributed by atoms with E-state index in [4.69, 9.17) is 0 Å². The van der Waals surface area contributed by atoms with E-state index in [-0.39, 0.29) is 11.0 Å². The molecule has 0 aliphatic heterocycles. The highest BCUT2D eigenvalue weighted by Gasteiger charge is 2.08. The molecule has 1 heterocycles. The highest BCUT2D eigenvalue weighted by molar-refractivity contribution is 5.74. The van der Waals surface area contributed by atoms with Crippen molar-refractivity contribution < 1.29 is 8.78 Å². The highest BCUT2D eigenvalue weighted by atomic mass is 19.1. The minimum absolute atomic E-state index is 0.0648. The van der Waals surface area contributed by atoms with Crippen LogP contribution in [-0.2, 0) is 0 Å². The first-order valence-corrected chi connectivity index (χ1v) is 4.93. The fraction of sp³-hybridized carbons (Fsp3) is 0.400. The van der Waals surface area contributed by atoms with Crippen LogP contribution in [0.3, 0.4) is 0 Å². The normalized spacial score (nSPS) is 8.67. The number of nitrogens with one attached hydrogen (secondary N) is 1. The Kier molecular flexibility index (Phi) is 6.17. The predicted molar refractivity (Wildman–Crippen MR) is 56.5 cm³/mol. The minimum atomic E-state index is -0.574. The lowest BCUT2D eigenvalue weighted by Crippen LogP contribution is -1.81. The third-order valence-corrected chi connectivity index (χ3v) is 1.38. The molecule has 2 rings (SSSR count). The third-order valence-electron chi connectivity index (χ3n) is 1.38. The molecular weight excluding hydrogens is 200 g/mol. The summed E-state index contributed by atoms with van der Waals surface area (Å²) in [7, 11) is 0. The maximum atomic E-state index is 12.7. The highest BCUT2D eigenvalue weighted by Crippen LogP contribution is 2.14. The number of hydrogen-bond acceptors (Lipinski definition) is 2. The van der Waals surface area contributed by atoms with Gasteiger partial charge in [0.2, 0.25) is 0 Å². The Balaban J connectivity index is 0.000000442. The fourth-order valence-electron chi connectivity index (χ4n) is 0.868. The summed E-state index contributed by atoms with van der Waals surface area (Å²) >= 11 is 0. The zero-order valence-electron chi connectivity index (χ0n) is 9.31. The Labute approximate surface area is 87.5 Å². The van der Waals surface area contributed by atoms with Crippen molar-refractivity contribution in [3.8, 4) is 0 Å². The first kappa shape index (κ1) is 13.5. The number of halogens is 2. The van der Waals surface area contributed by atoms with Gasteiger partial charge in [0.15, 0.2) is 22.7 Å². The summed E-state index contributed by atoms with van der Waals surface area (Å²) < 4.78 is 25.4. The van der Waals surface area contributed by atoms with E-state index in [0.717, 1.165) is 12.1 Å². The van der Waals surface area contributed by atoms with E-state index < -0.39 is 11.6 Å². The van der Waals surface area contributed by atoms with E-state index in [2.05, 4.69) is 15.4 Å². The van der Waals surface area contributed by atoms with Crippen molar-refractivity contribution in [2.75, 3.05) is 0 Å². The van der Waals surface area contributed by atoms with Gasteiger partial charge in [-0.2, -0.15) is 15.4 Å². The van der Waals surface area contributed by atoms with E-state index in [1.54, 1.807) is 0 Å². The lowest BCUT2D eigenvalue weighted by Gasteiger charge is -1.88. The molecule has 0 amide bonds. The van der Waals surface area contributed by atoms with Crippen molar-refractivity contribution >= 4 is 11.0 Å². The van der Waals surface area contributed by atoms with Crippen molar-refractivity contribution in [1.82, 2.24) is 15.4 Å². The molecule has 0 aliphatic carbocycles. The molecule has 0 saturated heterocycles. The molecule has 0 radical (unpaired) electrons. The average Bonchev–Trinajstić information content (AvgIpc) is 2.79. The number of aromatic nitrogens is 3. The van der Waals surface area contributed by atoms with Gasteiger partial charge >= 0.3 is 0 Å². The summed E-state index contributed by atoms with van der Waals surface area (Å²) in [6, 6.07) is 2.03. The standard InChI is InChI=1S/C6H3F2N3.2C2H6/c7-3-1-2-4(8)6-5(3)9-11-10-6;2*1-2/h1-2H,(H,9,10,11);2*1-2H3. The lowest BCUT2D eigenvalue weighted by molar-refractivity contribution is 0.615. The number of fused-ring (bicyclic) bond motifs is 1. The molecule has 1 aromatic carbocycles. The van der Waals surface area contributed by atoms with Crippen molar-refractivity contribution in [1.29, 1.82) is 0 Å². The molecule has 0 unspecified atom stereocenters. The summed E-state index contributed by atoms with van der Waals surface area (Å²) in [5, 5.41) is 9.00. The lowest BCUT2D eigenvalue weighted by atomic mass is 10.3. The average molecular weight is 215 g/mol. The predicted octanol–water partition coefficient (Wildman–Crippen LogP) is 3.29. The molecule has 1 N–H and O–H groups in total. The van der Waals surface area contributed by atoms with Crippen LogP contribution in [0.25, 0.3) is 11.0 Å². The smallest absolute Gasteiger partial charge is 0.153 e. The molecule has 0 fully saturated rings. The number of benzene rings is 1. The summed E-state index contributed by atoms with van der Waals surface area (Å²) in [4.78, 5) is 0. The van der Waals surface area contributed by atoms with Crippen LogP contribution < -0.4 is 0 Å². The zero-order valence-corrected chi connectivity index (χ0v) is 9.31. The molecule has 0 spiro atoms. The van der Waals surface area contributed by atoms with Crippen LogP contribution in [0.1, 0.15) is 27.7 Å². The minimum Gasteiger partial charge on any atom is -0.204 e. The van der Waals surface area contributed by atoms with E-state index in [0.29, 0.717) is 0 Å². The van der Waals surface area contributed by atoms with Gasteiger partial charge in [0.05, 0.1) is 0 Å². The summed E-state index contributed by atoms with van der Waals surface area (Å²) in [5.41, 5.74) is -0.130. The second-order valence-corrected chi connectivity index (χ2v) is 2.05. The van der Waals surface area contributed by atoms with Gasteiger partial charge in [-0.15, -0.1) is 0 Å². The molecule has 0 atom stereocenters. The SMILES string of the molecule is CC.CC.Fc1ccc(F)c2n[nH]nc12. The monoisotopic (exact) mass is 215 g/mol. The zero-order chi connectivity index (χ0) is 11.8. The van der Waals surface area contributed by atoms with Gasteiger partial charge in [-0.1, -0.05) is 27.7 Å². The van der Waals surface area contributed by atoms with E-state index in [9.17, 15) is 8.78 Å². The first-order chi connectivity index (χ1) is 7.29. The molecule has 1 aromatic heterocycles. The quantitative estimate of drug-likeness (QED) is 0.732. The van der Waals surface area contributed by atoms with Crippen LogP contribution in [-0.4, -0.2) is 15.4 Å². The molecule has 15 heavy (non-hydrogen) atoms. The second-order valence-electron chi connectivity index (χ2n) is 2.05. The summed E-state index contributed by atoms with van der Waals surface area (Å²) in [6.07, 6.45) is 0. The molecule has 0 bridgehead atoms. The van der Waals surface area contributed by atoms with Crippen LogP contribution >= 0.6 is 0 Å². The Morgan fingerprint density at radius 2 is 1.20 bits per heavy atom. The third kappa shape index (κ3) is 2.97. The maximum absolute atomic E-state index is 12.7. The molecular formula is C10H15F2N3.